The number of nitrogens with one attached hydrogen (secondary N) is 1. The van der Waals surface area contributed by atoms with E-state index in [-0.39, 0.29) is 11.9 Å². The van der Waals surface area contributed by atoms with Crippen molar-refractivity contribution in [3.63, 3.8) is 0 Å². The second-order valence-electron chi connectivity index (χ2n) is 8.77. The standard InChI is InChI=1S/C22H35N3O3S/c1-15-16(2)18(4)21(19(5)17(15)3)29(27,28)25-13-11-23(12-14-25)20(6)22(26)24-9-7-8-10-24/h20H,7-14H2,1-6H3/p+1/t20-/m1/s1. The van der Waals surface area contributed by atoms with Crippen LogP contribution in [-0.2, 0) is 14.8 Å². The van der Waals surface area contributed by atoms with Crippen LogP contribution in [0.25, 0.3) is 0 Å². The molecule has 0 saturated carbocycles. The highest BCUT2D eigenvalue weighted by Gasteiger charge is 2.37. The molecule has 1 atom stereocenters. The van der Waals surface area contributed by atoms with E-state index in [2.05, 4.69) is 6.92 Å². The number of hydrogen-bond donors (Lipinski definition) is 1. The van der Waals surface area contributed by atoms with Gasteiger partial charge in [0.05, 0.1) is 31.1 Å². The Morgan fingerprint density at radius 1 is 0.828 bits per heavy atom. The molecule has 0 aromatic heterocycles. The largest absolute Gasteiger partial charge is 0.338 e. The van der Waals surface area contributed by atoms with Crippen molar-refractivity contribution in [3.05, 3.63) is 27.8 Å². The van der Waals surface area contributed by atoms with Crippen molar-refractivity contribution in [2.75, 3.05) is 39.3 Å². The van der Waals surface area contributed by atoms with Crippen molar-refractivity contribution in [1.29, 1.82) is 0 Å². The average molecular weight is 423 g/mol. The highest BCUT2D eigenvalue weighted by Crippen LogP contribution is 2.31. The molecule has 0 spiro atoms. The van der Waals surface area contributed by atoms with Crippen LogP contribution in [0.1, 0.15) is 47.6 Å². The van der Waals surface area contributed by atoms with Crippen LogP contribution in [0.3, 0.4) is 0 Å². The van der Waals surface area contributed by atoms with Gasteiger partial charge in [0.1, 0.15) is 0 Å². The summed E-state index contributed by atoms with van der Waals surface area (Å²) in [5.74, 6) is 0.213. The fraction of sp³-hybridized carbons (Fsp3) is 0.682. The van der Waals surface area contributed by atoms with Crippen LogP contribution < -0.4 is 4.90 Å². The Bertz CT molecular complexity index is 867. The molecular weight excluding hydrogens is 386 g/mol. The first-order valence-electron chi connectivity index (χ1n) is 10.8. The number of hydrogen-bond acceptors (Lipinski definition) is 3. The van der Waals surface area contributed by atoms with Crippen LogP contribution in [0.2, 0.25) is 0 Å². The van der Waals surface area contributed by atoms with Crippen LogP contribution in [0.15, 0.2) is 4.90 Å². The third kappa shape index (κ3) is 3.97. The van der Waals surface area contributed by atoms with E-state index < -0.39 is 10.0 Å². The van der Waals surface area contributed by atoms with E-state index in [4.69, 9.17) is 0 Å². The lowest BCUT2D eigenvalue weighted by Crippen LogP contribution is -3.19. The van der Waals surface area contributed by atoms with Crippen molar-refractivity contribution in [3.8, 4) is 0 Å². The molecule has 0 unspecified atom stereocenters. The number of nitrogens with zero attached hydrogens (tertiary/aromatic N) is 2. The van der Waals surface area contributed by atoms with Crippen molar-refractivity contribution in [1.82, 2.24) is 9.21 Å². The van der Waals surface area contributed by atoms with Gasteiger partial charge in [0.2, 0.25) is 10.0 Å². The second kappa shape index (κ2) is 8.36. The molecule has 0 aliphatic carbocycles. The van der Waals surface area contributed by atoms with Gasteiger partial charge in [-0.25, -0.2) is 8.42 Å². The molecule has 1 aromatic carbocycles. The topological polar surface area (TPSA) is 62.1 Å². The number of benzene rings is 1. The summed E-state index contributed by atoms with van der Waals surface area (Å²) < 4.78 is 28.6. The van der Waals surface area contributed by atoms with Crippen molar-refractivity contribution < 1.29 is 18.1 Å². The molecule has 7 heteroatoms. The van der Waals surface area contributed by atoms with E-state index in [1.54, 1.807) is 4.31 Å². The number of carbonyl (C=O) groups excluding carboxylic acids is 1. The Hall–Kier alpha value is -1.44. The van der Waals surface area contributed by atoms with E-state index in [1.165, 1.54) is 10.5 Å². The lowest BCUT2D eigenvalue weighted by Gasteiger charge is -2.36. The van der Waals surface area contributed by atoms with Crippen LogP contribution >= 0.6 is 0 Å². The molecule has 3 rings (SSSR count). The van der Waals surface area contributed by atoms with E-state index in [0.717, 1.165) is 48.2 Å². The van der Waals surface area contributed by atoms with Crippen molar-refractivity contribution in [2.24, 2.45) is 0 Å². The predicted octanol–water partition coefficient (Wildman–Crippen LogP) is 1.13. The average Bonchev–Trinajstić information content (AvgIpc) is 3.24. The highest BCUT2D eigenvalue weighted by atomic mass is 32.2. The number of likely N-dealkylation sites (tertiary alicyclic amines) is 1. The predicted molar refractivity (Wildman–Crippen MR) is 115 cm³/mol. The van der Waals surface area contributed by atoms with Gasteiger partial charge in [0, 0.05) is 13.1 Å². The SMILES string of the molecule is Cc1c(C)c(C)c(S(=O)(=O)N2CC[NH+]([C@H](C)C(=O)N3CCCC3)CC2)c(C)c1C. The fourth-order valence-electron chi connectivity index (χ4n) is 4.81. The zero-order chi connectivity index (χ0) is 21.5. The molecule has 2 heterocycles. The molecule has 1 N–H and O–H groups in total. The first-order valence-corrected chi connectivity index (χ1v) is 12.2. The molecule has 2 aliphatic heterocycles. The van der Waals surface area contributed by atoms with Gasteiger partial charge in [-0.1, -0.05) is 0 Å². The van der Waals surface area contributed by atoms with E-state index in [0.29, 0.717) is 31.1 Å². The Kier molecular flexibility index (Phi) is 6.41. The summed E-state index contributed by atoms with van der Waals surface area (Å²) in [4.78, 5) is 16.3. The van der Waals surface area contributed by atoms with Crippen LogP contribution in [-0.4, -0.2) is 68.8 Å². The number of rotatable bonds is 4. The lowest BCUT2D eigenvalue weighted by atomic mass is 9.95. The Morgan fingerprint density at radius 2 is 1.28 bits per heavy atom. The summed E-state index contributed by atoms with van der Waals surface area (Å²) in [6, 6.07) is -0.106. The highest BCUT2D eigenvalue weighted by molar-refractivity contribution is 7.89. The van der Waals surface area contributed by atoms with E-state index in [1.807, 2.05) is 39.5 Å². The van der Waals surface area contributed by atoms with E-state index >= 15 is 0 Å². The minimum atomic E-state index is -3.55. The van der Waals surface area contributed by atoms with Gasteiger partial charge < -0.3 is 9.80 Å². The first-order chi connectivity index (χ1) is 13.6. The monoisotopic (exact) mass is 422 g/mol. The summed E-state index contributed by atoms with van der Waals surface area (Å²) in [6.07, 6.45) is 2.18. The molecule has 29 heavy (non-hydrogen) atoms. The normalized spacial score (nSPS) is 20.3. The van der Waals surface area contributed by atoms with Crippen LogP contribution in [0, 0.1) is 34.6 Å². The number of carbonyl (C=O) groups is 1. The zero-order valence-electron chi connectivity index (χ0n) is 18.8. The van der Waals surface area contributed by atoms with Crippen molar-refractivity contribution >= 4 is 15.9 Å². The summed E-state index contributed by atoms with van der Waals surface area (Å²) in [5, 5.41) is 0. The summed E-state index contributed by atoms with van der Waals surface area (Å²) in [7, 11) is -3.55. The fourth-order valence-corrected chi connectivity index (χ4v) is 6.82. The molecule has 6 nitrogen and oxygen atoms in total. The Labute approximate surface area is 175 Å². The van der Waals surface area contributed by atoms with Gasteiger partial charge in [0.15, 0.2) is 6.04 Å². The minimum Gasteiger partial charge on any atom is -0.338 e. The molecule has 0 bridgehead atoms. The van der Waals surface area contributed by atoms with Gasteiger partial charge in [-0.3, -0.25) is 4.79 Å². The summed E-state index contributed by atoms with van der Waals surface area (Å²) in [5.41, 5.74) is 5.00. The molecule has 2 saturated heterocycles. The molecule has 1 aromatic rings. The number of sulfonamides is 1. The smallest absolute Gasteiger partial charge is 0.280 e. The van der Waals surface area contributed by atoms with Crippen LogP contribution in [0.5, 0.6) is 0 Å². The molecule has 162 valence electrons. The number of piperazine rings is 1. The lowest BCUT2D eigenvalue weighted by molar-refractivity contribution is -0.918. The maximum Gasteiger partial charge on any atom is 0.280 e. The van der Waals surface area contributed by atoms with Gasteiger partial charge in [-0.05, 0) is 82.2 Å². The molecule has 0 radical (unpaired) electrons. The van der Waals surface area contributed by atoms with Gasteiger partial charge in [-0.2, -0.15) is 4.31 Å². The number of amides is 1. The van der Waals surface area contributed by atoms with Gasteiger partial charge >= 0.3 is 0 Å². The zero-order valence-corrected chi connectivity index (χ0v) is 19.6. The number of quaternary nitrogens is 1. The third-order valence-electron chi connectivity index (χ3n) is 7.29. The Balaban J connectivity index is 1.76. The summed E-state index contributed by atoms with van der Waals surface area (Å²) >= 11 is 0. The van der Waals surface area contributed by atoms with E-state index in [9.17, 15) is 13.2 Å². The first kappa shape index (κ1) is 22.2. The molecule has 1 amide bonds. The van der Waals surface area contributed by atoms with Crippen LogP contribution in [0.4, 0.5) is 0 Å². The second-order valence-corrected chi connectivity index (χ2v) is 10.6. The minimum absolute atomic E-state index is 0.106. The maximum absolute atomic E-state index is 13.5. The van der Waals surface area contributed by atoms with Gasteiger partial charge in [-0.15, -0.1) is 0 Å². The molecule has 2 aliphatic rings. The van der Waals surface area contributed by atoms with Gasteiger partial charge in [0.25, 0.3) is 5.91 Å². The van der Waals surface area contributed by atoms with Crippen molar-refractivity contribution in [2.45, 2.75) is 65.3 Å². The molecule has 2 fully saturated rings. The quantitative estimate of drug-likeness (QED) is 0.791. The third-order valence-corrected chi connectivity index (χ3v) is 9.47. The molecular formula is C22H36N3O3S+. The maximum atomic E-state index is 13.5. The summed E-state index contributed by atoms with van der Waals surface area (Å²) in [6.45, 7) is 15.9. The Morgan fingerprint density at radius 3 is 1.76 bits per heavy atom.